The minimum absolute atomic E-state index is 0.505. The normalized spacial score (nSPS) is 17.0. The summed E-state index contributed by atoms with van der Waals surface area (Å²) in [6, 6.07) is 0.506. The second-order valence-electron chi connectivity index (χ2n) is 7.20. The van der Waals surface area contributed by atoms with Crippen molar-refractivity contribution in [3.05, 3.63) is 12.0 Å². The highest BCUT2D eigenvalue weighted by Gasteiger charge is 2.22. The van der Waals surface area contributed by atoms with Crippen molar-refractivity contribution in [2.45, 2.75) is 57.4 Å². The first-order valence-electron chi connectivity index (χ1n) is 9.20. The Labute approximate surface area is 144 Å². The molecule has 2 heterocycles. The maximum atomic E-state index is 4.89. The molecule has 0 saturated heterocycles. The molecule has 2 aromatic heterocycles. The number of likely N-dealkylation sites (N-methyl/N-ethyl adjacent to an activating group) is 1. The predicted octanol–water partition coefficient (Wildman–Crippen LogP) is 3.16. The van der Waals surface area contributed by atoms with Gasteiger partial charge < -0.3 is 10.2 Å². The summed E-state index contributed by atoms with van der Waals surface area (Å²) in [6.07, 6.45) is 9.23. The van der Waals surface area contributed by atoms with Crippen LogP contribution in [0.1, 0.15) is 57.2 Å². The van der Waals surface area contributed by atoms with Gasteiger partial charge >= 0.3 is 0 Å². The smallest absolute Gasteiger partial charge is 0.163 e. The molecule has 0 spiro atoms. The van der Waals surface area contributed by atoms with Gasteiger partial charge in [0.25, 0.3) is 0 Å². The van der Waals surface area contributed by atoms with Gasteiger partial charge in [0.2, 0.25) is 0 Å². The zero-order valence-corrected chi connectivity index (χ0v) is 15.4. The number of nitrogens with one attached hydrogen (secondary N) is 1. The molecule has 0 aliphatic heterocycles. The molecule has 1 aliphatic carbocycles. The summed E-state index contributed by atoms with van der Waals surface area (Å²) >= 11 is 0. The summed E-state index contributed by atoms with van der Waals surface area (Å²) in [5, 5.41) is 8.99. The van der Waals surface area contributed by atoms with Gasteiger partial charge in [-0.2, -0.15) is 5.10 Å². The van der Waals surface area contributed by atoms with E-state index in [4.69, 9.17) is 9.97 Å². The summed E-state index contributed by atoms with van der Waals surface area (Å²) in [4.78, 5) is 12.0. The van der Waals surface area contributed by atoms with Gasteiger partial charge in [0, 0.05) is 25.6 Å². The molecular weight excluding hydrogens is 300 g/mol. The lowest BCUT2D eigenvalue weighted by Crippen LogP contribution is -2.34. The number of hydrogen-bond acceptors (Lipinski definition) is 5. The molecular formula is C18H30N6. The molecule has 1 fully saturated rings. The summed E-state index contributed by atoms with van der Waals surface area (Å²) in [6.45, 7) is 3.13. The number of hydrogen-bond donors (Lipinski definition) is 1. The molecule has 1 N–H and O–H groups in total. The largest absolute Gasteiger partial charge is 0.368 e. The van der Waals surface area contributed by atoms with Gasteiger partial charge in [0.15, 0.2) is 5.65 Å². The maximum absolute atomic E-state index is 4.89. The van der Waals surface area contributed by atoms with Crippen LogP contribution in [-0.2, 0) is 7.05 Å². The third-order valence-electron chi connectivity index (χ3n) is 5.19. The van der Waals surface area contributed by atoms with Crippen LogP contribution in [0.3, 0.4) is 0 Å². The van der Waals surface area contributed by atoms with Crippen LogP contribution in [0.25, 0.3) is 11.0 Å². The van der Waals surface area contributed by atoms with E-state index < -0.39 is 0 Å². The minimum atomic E-state index is 0.505. The molecule has 0 radical (unpaired) electrons. The van der Waals surface area contributed by atoms with E-state index in [2.05, 4.69) is 36.3 Å². The van der Waals surface area contributed by atoms with E-state index in [1.54, 1.807) is 0 Å². The molecule has 1 atom stereocenters. The minimum Gasteiger partial charge on any atom is -0.368 e. The molecule has 6 nitrogen and oxygen atoms in total. The van der Waals surface area contributed by atoms with E-state index >= 15 is 0 Å². The molecule has 24 heavy (non-hydrogen) atoms. The molecule has 1 saturated carbocycles. The maximum Gasteiger partial charge on any atom is 0.163 e. The van der Waals surface area contributed by atoms with Crippen molar-refractivity contribution in [2.75, 3.05) is 26.0 Å². The number of aryl methyl sites for hydroxylation is 1. The zero-order valence-electron chi connectivity index (χ0n) is 15.4. The van der Waals surface area contributed by atoms with Crippen LogP contribution in [0.5, 0.6) is 0 Å². The number of rotatable bonds is 7. The van der Waals surface area contributed by atoms with E-state index in [1.165, 1.54) is 38.5 Å². The van der Waals surface area contributed by atoms with Crippen LogP contribution in [0.2, 0.25) is 0 Å². The molecule has 0 bridgehead atoms. The van der Waals surface area contributed by atoms with Gasteiger partial charge in [-0.15, -0.1) is 0 Å². The van der Waals surface area contributed by atoms with Gasteiger partial charge in [0.1, 0.15) is 11.6 Å². The number of fused-ring (bicyclic) bond motifs is 1. The van der Waals surface area contributed by atoms with E-state index in [-0.39, 0.29) is 0 Å². The highest BCUT2D eigenvalue weighted by Crippen LogP contribution is 2.34. The topological polar surface area (TPSA) is 58.9 Å². The first-order valence-corrected chi connectivity index (χ1v) is 9.20. The summed E-state index contributed by atoms with van der Waals surface area (Å²) < 4.78 is 1.86. The Hall–Kier alpha value is -1.69. The first kappa shape index (κ1) is 17.1. The fourth-order valence-corrected chi connectivity index (χ4v) is 3.63. The highest BCUT2D eigenvalue weighted by atomic mass is 15.3. The van der Waals surface area contributed by atoms with Gasteiger partial charge in [-0.05, 0) is 33.4 Å². The molecule has 132 valence electrons. The first-order chi connectivity index (χ1) is 11.6. The summed E-state index contributed by atoms with van der Waals surface area (Å²) in [5.74, 6) is 2.44. The quantitative estimate of drug-likeness (QED) is 0.845. The lowest BCUT2D eigenvalue weighted by Gasteiger charge is -2.24. The molecule has 0 amide bonds. The van der Waals surface area contributed by atoms with E-state index in [0.29, 0.717) is 12.0 Å². The van der Waals surface area contributed by atoms with Crippen LogP contribution >= 0.6 is 0 Å². The molecule has 1 aliphatic rings. The SMILES string of the molecule is CCCC(CNc1nc(C2CCCC2)nc2c1cnn2C)N(C)C. The fourth-order valence-electron chi connectivity index (χ4n) is 3.63. The van der Waals surface area contributed by atoms with Gasteiger partial charge in [-0.25, -0.2) is 9.97 Å². The Bertz CT molecular complexity index is 671. The number of nitrogens with zero attached hydrogens (tertiary/aromatic N) is 5. The van der Waals surface area contributed by atoms with Gasteiger partial charge in [0.05, 0.1) is 11.6 Å². The van der Waals surface area contributed by atoms with Crippen molar-refractivity contribution < 1.29 is 0 Å². The molecule has 3 rings (SSSR count). The average Bonchev–Trinajstić information content (AvgIpc) is 3.21. The monoisotopic (exact) mass is 330 g/mol. The van der Waals surface area contributed by atoms with Crippen LogP contribution in [0, 0.1) is 0 Å². The van der Waals surface area contributed by atoms with Crippen molar-refractivity contribution in [1.82, 2.24) is 24.6 Å². The van der Waals surface area contributed by atoms with Crippen molar-refractivity contribution in [2.24, 2.45) is 7.05 Å². The van der Waals surface area contributed by atoms with Crippen molar-refractivity contribution >= 4 is 16.9 Å². The Balaban J connectivity index is 1.87. The van der Waals surface area contributed by atoms with Crippen molar-refractivity contribution in [3.63, 3.8) is 0 Å². The third kappa shape index (κ3) is 3.53. The van der Waals surface area contributed by atoms with Crippen LogP contribution in [-0.4, -0.2) is 51.3 Å². The molecule has 0 aromatic carbocycles. The lowest BCUT2D eigenvalue weighted by molar-refractivity contribution is 0.288. The summed E-state index contributed by atoms with van der Waals surface area (Å²) in [5.41, 5.74) is 0.936. The van der Waals surface area contributed by atoms with Gasteiger partial charge in [-0.3, -0.25) is 4.68 Å². The lowest BCUT2D eigenvalue weighted by atomic mass is 10.1. The molecule has 6 heteroatoms. The second-order valence-corrected chi connectivity index (χ2v) is 7.20. The molecule has 2 aromatic rings. The van der Waals surface area contributed by atoms with Gasteiger partial charge in [-0.1, -0.05) is 26.2 Å². The van der Waals surface area contributed by atoms with E-state index in [1.807, 2.05) is 17.9 Å². The number of aromatic nitrogens is 4. The van der Waals surface area contributed by atoms with E-state index in [9.17, 15) is 0 Å². The van der Waals surface area contributed by atoms with Crippen molar-refractivity contribution in [3.8, 4) is 0 Å². The van der Waals surface area contributed by atoms with Crippen LogP contribution in [0.15, 0.2) is 6.20 Å². The standard InChI is InChI=1S/C18H30N6/c1-5-8-14(23(2)3)11-19-17-15-12-20-24(4)18(15)22-16(21-17)13-9-6-7-10-13/h12-14H,5-11H2,1-4H3,(H,19,21,22). The Morgan fingerprint density at radius 2 is 2.04 bits per heavy atom. The predicted molar refractivity (Wildman–Crippen MR) is 98.4 cm³/mol. The average molecular weight is 330 g/mol. The zero-order chi connectivity index (χ0) is 17.1. The Morgan fingerprint density at radius 3 is 2.71 bits per heavy atom. The second kappa shape index (κ2) is 7.47. The van der Waals surface area contributed by atoms with Crippen LogP contribution < -0.4 is 5.32 Å². The number of anilines is 1. The highest BCUT2D eigenvalue weighted by molar-refractivity contribution is 5.86. The molecule has 1 unspecified atom stereocenters. The fraction of sp³-hybridized carbons (Fsp3) is 0.722. The summed E-state index contributed by atoms with van der Waals surface area (Å²) in [7, 11) is 6.24. The Morgan fingerprint density at radius 1 is 1.29 bits per heavy atom. The third-order valence-corrected chi connectivity index (χ3v) is 5.19. The Kier molecular flexibility index (Phi) is 5.33. The van der Waals surface area contributed by atoms with Crippen LogP contribution in [0.4, 0.5) is 5.82 Å². The van der Waals surface area contributed by atoms with E-state index in [0.717, 1.165) is 29.2 Å². The van der Waals surface area contributed by atoms with Crippen molar-refractivity contribution in [1.29, 1.82) is 0 Å².